The Labute approximate surface area is 140 Å². The van der Waals surface area contributed by atoms with Crippen LogP contribution in [0.1, 0.15) is 19.4 Å². The molecule has 0 bridgehead atoms. The summed E-state index contributed by atoms with van der Waals surface area (Å²) < 4.78 is 4.98. The second kappa shape index (κ2) is 8.69. The standard InChI is InChI=1S/C16H22N4O2S/c1-4-12-5-7-13(8-6-12)15-18-16(20-19-15)23-10-14(21)17-11(2)9-22-3/h5-8,11H,4,9-10H2,1-3H3,(H,17,21)(H,18,19,20)/t11-/m1/s1. The van der Waals surface area contributed by atoms with Gasteiger partial charge in [0.1, 0.15) is 0 Å². The van der Waals surface area contributed by atoms with Crippen LogP contribution in [0.4, 0.5) is 0 Å². The van der Waals surface area contributed by atoms with Crippen molar-refractivity contribution in [3.63, 3.8) is 0 Å². The van der Waals surface area contributed by atoms with Gasteiger partial charge in [-0.25, -0.2) is 4.98 Å². The Morgan fingerprint density at radius 2 is 2.13 bits per heavy atom. The van der Waals surface area contributed by atoms with E-state index in [0.717, 1.165) is 12.0 Å². The molecule has 0 saturated heterocycles. The van der Waals surface area contributed by atoms with Crippen LogP contribution >= 0.6 is 11.8 Å². The smallest absolute Gasteiger partial charge is 0.230 e. The van der Waals surface area contributed by atoms with E-state index in [0.29, 0.717) is 17.6 Å². The van der Waals surface area contributed by atoms with Crippen LogP contribution < -0.4 is 5.32 Å². The summed E-state index contributed by atoms with van der Waals surface area (Å²) in [5.41, 5.74) is 2.27. The number of aromatic amines is 1. The zero-order valence-electron chi connectivity index (χ0n) is 13.6. The third-order valence-corrected chi connectivity index (χ3v) is 4.10. The van der Waals surface area contributed by atoms with Crippen LogP contribution in [0.3, 0.4) is 0 Å². The average Bonchev–Trinajstić information content (AvgIpc) is 3.02. The summed E-state index contributed by atoms with van der Waals surface area (Å²) in [6.07, 6.45) is 1.01. The van der Waals surface area contributed by atoms with Gasteiger partial charge in [-0.3, -0.25) is 9.89 Å². The Hall–Kier alpha value is -1.86. The number of benzene rings is 1. The Bertz CT molecular complexity index is 627. The first-order chi connectivity index (χ1) is 11.1. The van der Waals surface area contributed by atoms with Crippen molar-refractivity contribution in [2.24, 2.45) is 0 Å². The first-order valence-electron chi connectivity index (χ1n) is 7.55. The molecule has 1 aromatic heterocycles. The molecule has 23 heavy (non-hydrogen) atoms. The summed E-state index contributed by atoms with van der Waals surface area (Å²) in [5, 5.41) is 10.5. The summed E-state index contributed by atoms with van der Waals surface area (Å²) in [7, 11) is 1.61. The van der Waals surface area contributed by atoms with Crippen molar-refractivity contribution in [2.75, 3.05) is 19.5 Å². The summed E-state index contributed by atoms with van der Waals surface area (Å²) in [4.78, 5) is 16.2. The maximum absolute atomic E-state index is 11.8. The normalized spacial score (nSPS) is 12.1. The maximum Gasteiger partial charge on any atom is 0.230 e. The van der Waals surface area contributed by atoms with Crippen molar-refractivity contribution < 1.29 is 9.53 Å². The van der Waals surface area contributed by atoms with Gasteiger partial charge in [0.25, 0.3) is 0 Å². The van der Waals surface area contributed by atoms with E-state index in [1.54, 1.807) is 7.11 Å². The van der Waals surface area contributed by atoms with Gasteiger partial charge in [0.15, 0.2) is 5.82 Å². The number of ether oxygens (including phenoxy) is 1. The number of amides is 1. The topological polar surface area (TPSA) is 79.9 Å². The molecule has 2 N–H and O–H groups in total. The number of thioether (sulfide) groups is 1. The molecule has 1 heterocycles. The molecule has 0 fully saturated rings. The lowest BCUT2D eigenvalue weighted by molar-refractivity contribution is -0.119. The Morgan fingerprint density at radius 1 is 1.39 bits per heavy atom. The Morgan fingerprint density at radius 3 is 2.78 bits per heavy atom. The highest BCUT2D eigenvalue weighted by Crippen LogP contribution is 2.19. The molecule has 1 amide bonds. The van der Waals surface area contributed by atoms with Gasteiger partial charge in [-0.15, -0.1) is 5.10 Å². The summed E-state index contributed by atoms with van der Waals surface area (Å²) >= 11 is 1.31. The van der Waals surface area contributed by atoms with Gasteiger partial charge >= 0.3 is 0 Å². The molecular weight excluding hydrogens is 312 g/mol. The van der Waals surface area contributed by atoms with Gasteiger partial charge < -0.3 is 10.1 Å². The molecule has 0 spiro atoms. The van der Waals surface area contributed by atoms with Gasteiger partial charge in [-0.1, -0.05) is 43.0 Å². The molecule has 2 rings (SSSR count). The van der Waals surface area contributed by atoms with Crippen molar-refractivity contribution in [1.29, 1.82) is 0 Å². The zero-order chi connectivity index (χ0) is 16.7. The van der Waals surface area contributed by atoms with Crippen LogP contribution in [0.25, 0.3) is 11.4 Å². The SMILES string of the molecule is CCc1ccc(-c2nc(SCC(=O)N[C@H](C)COC)n[nH]2)cc1. The van der Waals surface area contributed by atoms with Crippen LogP contribution in [0, 0.1) is 0 Å². The molecule has 2 aromatic rings. The van der Waals surface area contributed by atoms with Gasteiger partial charge in [-0.05, 0) is 18.9 Å². The van der Waals surface area contributed by atoms with Gasteiger partial charge in [0.2, 0.25) is 11.1 Å². The van der Waals surface area contributed by atoms with Crippen molar-refractivity contribution in [3.8, 4) is 11.4 Å². The largest absolute Gasteiger partial charge is 0.383 e. The number of hydrogen-bond donors (Lipinski definition) is 2. The Kier molecular flexibility index (Phi) is 6.61. The summed E-state index contributed by atoms with van der Waals surface area (Å²) in [6, 6.07) is 8.19. The van der Waals surface area contributed by atoms with E-state index in [-0.39, 0.29) is 17.7 Å². The summed E-state index contributed by atoms with van der Waals surface area (Å²) in [5.74, 6) is 0.932. The highest BCUT2D eigenvalue weighted by molar-refractivity contribution is 7.99. The van der Waals surface area contributed by atoms with E-state index in [9.17, 15) is 4.79 Å². The second-order valence-corrected chi connectivity index (χ2v) is 6.17. The fraction of sp³-hybridized carbons (Fsp3) is 0.438. The van der Waals surface area contributed by atoms with E-state index in [2.05, 4.69) is 39.6 Å². The number of hydrogen-bond acceptors (Lipinski definition) is 5. The average molecular weight is 334 g/mol. The van der Waals surface area contributed by atoms with Gasteiger partial charge in [0, 0.05) is 18.7 Å². The van der Waals surface area contributed by atoms with E-state index in [4.69, 9.17) is 4.74 Å². The van der Waals surface area contributed by atoms with Gasteiger partial charge in [0.05, 0.1) is 12.4 Å². The number of methoxy groups -OCH3 is 1. The van der Waals surface area contributed by atoms with Gasteiger partial charge in [-0.2, -0.15) is 0 Å². The lowest BCUT2D eigenvalue weighted by Crippen LogP contribution is -2.36. The van der Waals surface area contributed by atoms with Crippen LogP contribution in [0.5, 0.6) is 0 Å². The fourth-order valence-electron chi connectivity index (χ4n) is 2.08. The van der Waals surface area contributed by atoms with Crippen LogP contribution in [0.15, 0.2) is 29.4 Å². The highest BCUT2D eigenvalue weighted by Gasteiger charge is 2.11. The van der Waals surface area contributed by atoms with Crippen molar-refractivity contribution in [2.45, 2.75) is 31.5 Å². The van der Waals surface area contributed by atoms with Crippen LogP contribution in [-0.4, -0.2) is 46.6 Å². The molecule has 0 radical (unpaired) electrons. The number of aryl methyl sites for hydroxylation is 1. The molecule has 0 aliphatic heterocycles. The molecule has 6 nitrogen and oxygen atoms in total. The Balaban J connectivity index is 1.88. The third-order valence-electron chi connectivity index (χ3n) is 3.26. The maximum atomic E-state index is 11.8. The minimum absolute atomic E-state index is 0.00659. The zero-order valence-corrected chi connectivity index (χ0v) is 14.4. The van der Waals surface area contributed by atoms with Crippen molar-refractivity contribution >= 4 is 17.7 Å². The molecule has 0 aliphatic rings. The van der Waals surface area contributed by atoms with E-state index < -0.39 is 0 Å². The molecule has 7 heteroatoms. The molecular formula is C16H22N4O2S. The molecule has 0 unspecified atom stereocenters. The monoisotopic (exact) mass is 334 g/mol. The predicted octanol–water partition coefficient (Wildman–Crippen LogP) is 2.28. The molecule has 0 saturated carbocycles. The van der Waals surface area contributed by atoms with E-state index >= 15 is 0 Å². The first kappa shape index (κ1) is 17.5. The van der Waals surface area contributed by atoms with E-state index in [1.165, 1.54) is 17.3 Å². The minimum atomic E-state index is -0.0572. The number of aromatic nitrogens is 3. The number of carbonyl (C=O) groups excluding carboxylic acids is 1. The van der Waals surface area contributed by atoms with Crippen molar-refractivity contribution in [1.82, 2.24) is 20.5 Å². The predicted molar refractivity (Wildman–Crippen MR) is 91.4 cm³/mol. The number of H-pyrrole nitrogens is 1. The number of carbonyl (C=O) groups is 1. The number of nitrogens with one attached hydrogen (secondary N) is 2. The van der Waals surface area contributed by atoms with Crippen molar-refractivity contribution in [3.05, 3.63) is 29.8 Å². The third kappa shape index (κ3) is 5.37. The lowest BCUT2D eigenvalue weighted by atomic mass is 10.1. The van der Waals surface area contributed by atoms with E-state index in [1.807, 2.05) is 19.1 Å². The first-order valence-corrected chi connectivity index (χ1v) is 8.53. The van der Waals surface area contributed by atoms with Crippen LogP contribution in [0.2, 0.25) is 0 Å². The summed E-state index contributed by atoms with van der Waals surface area (Å²) in [6.45, 7) is 4.52. The number of nitrogens with zero attached hydrogens (tertiary/aromatic N) is 2. The highest BCUT2D eigenvalue weighted by atomic mass is 32.2. The lowest BCUT2D eigenvalue weighted by Gasteiger charge is -2.11. The molecule has 0 aliphatic carbocycles. The van der Waals surface area contributed by atoms with Crippen LogP contribution in [-0.2, 0) is 16.0 Å². The second-order valence-electron chi connectivity index (χ2n) is 5.23. The quantitative estimate of drug-likeness (QED) is 0.724. The fourth-order valence-corrected chi connectivity index (χ4v) is 2.69. The minimum Gasteiger partial charge on any atom is -0.383 e. The number of rotatable bonds is 8. The molecule has 1 atom stereocenters. The molecule has 1 aromatic carbocycles. The molecule has 124 valence electrons.